The summed E-state index contributed by atoms with van der Waals surface area (Å²) in [6.07, 6.45) is 6.38. The number of aromatic carboxylic acids is 1. The smallest absolute Gasteiger partial charge is 0.410 e. The van der Waals surface area contributed by atoms with Crippen molar-refractivity contribution in [3.8, 4) is 0 Å². The highest BCUT2D eigenvalue weighted by Crippen LogP contribution is 2.47. The van der Waals surface area contributed by atoms with Crippen LogP contribution < -0.4 is 0 Å². The molecule has 0 spiro atoms. The molecule has 3 unspecified atom stereocenters. The van der Waals surface area contributed by atoms with Crippen molar-refractivity contribution < 1.29 is 24.5 Å². The molecular formula is C24H28N2O5S2. The number of aliphatic hydroxyl groups excluding tert-OH is 1. The first kappa shape index (κ1) is 23.8. The van der Waals surface area contributed by atoms with E-state index >= 15 is 0 Å². The van der Waals surface area contributed by atoms with Crippen molar-refractivity contribution in [1.29, 1.82) is 0 Å². The fourth-order valence-electron chi connectivity index (χ4n) is 4.46. The average molecular weight is 489 g/mol. The number of hydrogen-bond acceptors (Lipinski definition) is 7. The van der Waals surface area contributed by atoms with Crippen molar-refractivity contribution in [2.75, 3.05) is 12.3 Å². The average Bonchev–Trinajstić information content (AvgIpc) is 3.34. The lowest BCUT2D eigenvalue weighted by atomic mass is 9.62. The Balaban J connectivity index is 1.37. The van der Waals surface area contributed by atoms with Crippen molar-refractivity contribution >= 4 is 35.2 Å². The van der Waals surface area contributed by atoms with Crippen LogP contribution in [-0.4, -0.2) is 62.7 Å². The lowest BCUT2D eigenvalue weighted by Gasteiger charge is -2.45. The predicted octanol–water partition coefficient (Wildman–Crippen LogP) is 4.47. The van der Waals surface area contributed by atoms with Gasteiger partial charge in [0.25, 0.3) is 0 Å². The SMILES string of the molecule is CC1OC(=O)N(CCSc2nc(C(=O)O)cs2)C1C=CC(O)C1(Cc2ccccc2)CCC1. The number of carbonyl (C=O) groups is 2. The molecule has 1 aliphatic heterocycles. The zero-order chi connectivity index (χ0) is 23.4. The Bertz CT molecular complexity index is 1010. The summed E-state index contributed by atoms with van der Waals surface area (Å²) in [5.74, 6) is -0.477. The van der Waals surface area contributed by atoms with Crippen molar-refractivity contribution in [2.45, 2.75) is 55.2 Å². The number of ether oxygens (including phenoxy) is 1. The van der Waals surface area contributed by atoms with Crippen LogP contribution in [0.15, 0.2) is 52.2 Å². The maximum absolute atomic E-state index is 12.4. The highest BCUT2D eigenvalue weighted by atomic mass is 32.2. The van der Waals surface area contributed by atoms with E-state index in [0.717, 1.165) is 25.7 Å². The quantitative estimate of drug-likeness (QED) is 0.376. The number of amides is 1. The van der Waals surface area contributed by atoms with Gasteiger partial charge in [-0.3, -0.25) is 4.90 Å². The molecule has 2 heterocycles. The minimum atomic E-state index is -1.05. The number of hydrogen-bond donors (Lipinski definition) is 2. The summed E-state index contributed by atoms with van der Waals surface area (Å²) in [7, 11) is 0. The van der Waals surface area contributed by atoms with Gasteiger partial charge in [0.2, 0.25) is 0 Å². The molecule has 2 aliphatic rings. The van der Waals surface area contributed by atoms with Gasteiger partial charge in [0.1, 0.15) is 6.10 Å². The first-order valence-corrected chi connectivity index (χ1v) is 12.9. The minimum absolute atomic E-state index is 0.0342. The van der Waals surface area contributed by atoms with Gasteiger partial charge in [-0.1, -0.05) is 60.7 Å². The number of cyclic esters (lactones) is 1. The molecule has 1 aromatic carbocycles. The van der Waals surface area contributed by atoms with Gasteiger partial charge in [0, 0.05) is 23.1 Å². The van der Waals surface area contributed by atoms with E-state index in [0.29, 0.717) is 16.6 Å². The molecule has 1 amide bonds. The van der Waals surface area contributed by atoms with E-state index in [-0.39, 0.29) is 29.3 Å². The molecule has 9 heteroatoms. The number of carboxylic acids is 1. The van der Waals surface area contributed by atoms with Gasteiger partial charge < -0.3 is 14.9 Å². The third-order valence-corrected chi connectivity index (χ3v) is 8.49. The molecule has 33 heavy (non-hydrogen) atoms. The van der Waals surface area contributed by atoms with E-state index in [2.05, 4.69) is 17.1 Å². The van der Waals surface area contributed by atoms with E-state index in [4.69, 9.17) is 9.84 Å². The topological polar surface area (TPSA) is 100.0 Å². The number of nitrogens with zero attached hydrogens (tertiary/aromatic N) is 2. The van der Waals surface area contributed by atoms with Crippen molar-refractivity contribution in [1.82, 2.24) is 9.88 Å². The van der Waals surface area contributed by atoms with Crippen LogP contribution in [0.3, 0.4) is 0 Å². The largest absolute Gasteiger partial charge is 0.476 e. The zero-order valence-corrected chi connectivity index (χ0v) is 20.1. The summed E-state index contributed by atoms with van der Waals surface area (Å²) in [5, 5.41) is 21.6. The third-order valence-electron chi connectivity index (χ3n) is 6.49. The monoisotopic (exact) mass is 488 g/mol. The van der Waals surface area contributed by atoms with Gasteiger partial charge in [-0.15, -0.1) is 11.3 Å². The zero-order valence-electron chi connectivity index (χ0n) is 18.4. The van der Waals surface area contributed by atoms with Crippen LogP contribution in [0.2, 0.25) is 0 Å². The highest BCUT2D eigenvalue weighted by Gasteiger charge is 2.43. The summed E-state index contributed by atoms with van der Waals surface area (Å²) in [6.45, 7) is 2.30. The Morgan fingerprint density at radius 3 is 2.79 bits per heavy atom. The number of benzene rings is 1. The molecule has 2 fully saturated rings. The number of carbonyl (C=O) groups excluding carboxylic acids is 1. The number of carboxylic acid groups (broad SMARTS) is 1. The van der Waals surface area contributed by atoms with Gasteiger partial charge in [0.15, 0.2) is 10.0 Å². The van der Waals surface area contributed by atoms with Crippen LogP contribution in [0.5, 0.6) is 0 Å². The van der Waals surface area contributed by atoms with Crippen molar-refractivity contribution in [3.63, 3.8) is 0 Å². The molecule has 2 aromatic rings. The highest BCUT2D eigenvalue weighted by molar-refractivity contribution is 8.01. The van der Waals surface area contributed by atoms with E-state index in [1.807, 2.05) is 37.3 Å². The normalized spacial score (nSPS) is 22.8. The summed E-state index contributed by atoms with van der Waals surface area (Å²) in [5.41, 5.74) is 1.11. The molecule has 2 N–H and O–H groups in total. The maximum Gasteiger partial charge on any atom is 0.410 e. The first-order valence-electron chi connectivity index (χ1n) is 11.1. The summed E-state index contributed by atoms with van der Waals surface area (Å²) in [6, 6.07) is 9.99. The second-order valence-corrected chi connectivity index (χ2v) is 10.8. The van der Waals surface area contributed by atoms with E-state index in [1.165, 1.54) is 34.0 Å². The minimum Gasteiger partial charge on any atom is -0.476 e. The van der Waals surface area contributed by atoms with Crippen molar-refractivity contribution in [2.24, 2.45) is 5.41 Å². The van der Waals surface area contributed by atoms with Crippen LogP contribution in [0.4, 0.5) is 4.79 Å². The number of aliphatic hydroxyl groups is 1. The van der Waals surface area contributed by atoms with Gasteiger partial charge in [0.05, 0.1) is 12.1 Å². The third kappa shape index (κ3) is 5.42. The first-order chi connectivity index (χ1) is 15.9. The van der Waals surface area contributed by atoms with Crippen molar-refractivity contribution in [3.05, 3.63) is 59.1 Å². The fraction of sp³-hybridized carbons (Fsp3) is 0.458. The van der Waals surface area contributed by atoms with Gasteiger partial charge in [-0.25, -0.2) is 14.6 Å². The summed E-state index contributed by atoms with van der Waals surface area (Å²) >= 11 is 2.69. The van der Waals surface area contributed by atoms with Crippen LogP contribution in [0, 0.1) is 5.41 Å². The van der Waals surface area contributed by atoms with E-state index < -0.39 is 12.1 Å². The van der Waals surface area contributed by atoms with Crippen LogP contribution in [0.1, 0.15) is 42.2 Å². The van der Waals surface area contributed by atoms with E-state index in [9.17, 15) is 14.7 Å². The second kappa shape index (κ2) is 10.3. The van der Waals surface area contributed by atoms with Gasteiger partial charge >= 0.3 is 12.1 Å². The van der Waals surface area contributed by atoms with Gasteiger partial charge in [-0.05, 0) is 31.7 Å². The lowest BCUT2D eigenvalue weighted by Crippen LogP contribution is -2.43. The van der Waals surface area contributed by atoms with Gasteiger partial charge in [-0.2, -0.15) is 0 Å². The van der Waals surface area contributed by atoms with E-state index in [1.54, 1.807) is 4.90 Å². The lowest BCUT2D eigenvalue weighted by molar-refractivity contribution is -0.00525. The Hall–Kier alpha value is -2.36. The molecule has 1 saturated carbocycles. The molecule has 7 nitrogen and oxygen atoms in total. The molecule has 0 bridgehead atoms. The van der Waals surface area contributed by atoms with Crippen LogP contribution in [0.25, 0.3) is 0 Å². The number of thiazole rings is 1. The number of aromatic nitrogens is 1. The Labute approximate surface area is 201 Å². The molecule has 4 rings (SSSR count). The summed E-state index contributed by atoms with van der Waals surface area (Å²) in [4.78, 5) is 29.1. The molecule has 1 aliphatic carbocycles. The summed E-state index contributed by atoms with van der Waals surface area (Å²) < 4.78 is 6.09. The Morgan fingerprint density at radius 2 is 2.15 bits per heavy atom. The maximum atomic E-state index is 12.4. The molecule has 3 atom stereocenters. The molecule has 1 saturated heterocycles. The second-order valence-electron chi connectivity index (χ2n) is 8.63. The molecule has 1 aromatic heterocycles. The Kier molecular flexibility index (Phi) is 7.41. The standard InChI is InChI=1S/C24H28N2O5S2/c1-16-19(8-9-20(27)24(10-5-11-24)14-17-6-3-2-4-7-17)26(23(30)31-16)12-13-32-22-25-18(15-33-22)21(28)29/h2-4,6-9,15-16,19-20,27H,5,10-14H2,1H3,(H,28,29). The fourth-order valence-corrected chi connectivity index (χ4v) is 6.27. The van der Waals surface area contributed by atoms with Crippen LogP contribution >= 0.6 is 23.1 Å². The number of rotatable bonds is 10. The predicted molar refractivity (Wildman–Crippen MR) is 128 cm³/mol. The molecular weight excluding hydrogens is 460 g/mol. The van der Waals surface area contributed by atoms with Crippen LogP contribution in [-0.2, 0) is 11.2 Å². The molecule has 0 radical (unpaired) electrons. The number of thioether (sulfide) groups is 1. The Morgan fingerprint density at radius 1 is 1.39 bits per heavy atom. The molecule has 176 valence electrons.